The van der Waals surface area contributed by atoms with E-state index in [1.165, 1.54) is 0 Å². The fourth-order valence-corrected chi connectivity index (χ4v) is 3.43. The first kappa shape index (κ1) is 11.8. The van der Waals surface area contributed by atoms with E-state index in [4.69, 9.17) is 5.11 Å². The fraction of sp³-hybridized carbons (Fsp3) is 0.875. The summed E-state index contributed by atoms with van der Waals surface area (Å²) in [4.78, 5) is 10.9. The molecule has 16 heavy (non-hydrogen) atoms. The number of aliphatic hydroxyl groups excluding tert-OH is 1. The Balaban J connectivity index is 2.14. The van der Waals surface area contributed by atoms with Crippen LogP contribution in [0.4, 0.5) is 0 Å². The molecule has 0 aromatic heterocycles. The molecule has 1 aliphatic heterocycles. The first-order chi connectivity index (χ1) is 7.40. The number of nitrogens with zero attached hydrogens (tertiary/aromatic N) is 1. The van der Waals surface area contributed by atoms with Gasteiger partial charge in [0.15, 0.2) is 0 Å². The molecule has 0 spiro atoms. The summed E-state index contributed by atoms with van der Waals surface area (Å²) >= 11 is 0. The minimum atomic E-state index is -3.78. The maximum absolute atomic E-state index is 11.8. The van der Waals surface area contributed by atoms with Crippen LogP contribution in [0.5, 0.6) is 0 Å². The van der Waals surface area contributed by atoms with E-state index in [1.54, 1.807) is 0 Å². The average molecular weight is 250 g/mol. The van der Waals surface area contributed by atoms with Gasteiger partial charge in [0, 0.05) is 19.0 Å². The van der Waals surface area contributed by atoms with E-state index in [9.17, 15) is 18.3 Å². The van der Waals surface area contributed by atoms with Crippen LogP contribution in [-0.4, -0.2) is 53.6 Å². The Morgan fingerprint density at radius 1 is 1.38 bits per heavy atom. The van der Waals surface area contributed by atoms with Gasteiger partial charge in [0.25, 0.3) is 10.2 Å². The van der Waals surface area contributed by atoms with Crippen LogP contribution in [0.15, 0.2) is 0 Å². The molecule has 1 aliphatic carbocycles. The molecule has 2 atom stereocenters. The van der Waals surface area contributed by atoms with E-state index in [2.05, 4.69) is 4.72 Å². The van der Waals surface area contributed by atoms with Crippen LogP contribution in [0.3, 0.4) is 0 Å². The van der Waals surface area contributed by atoms with E-state index >= 15 is 0 Å². The van der Waals surface area contributed by atoms with Gasteiger partial charge < -0.3 is 10.2 Å². The Bertz CT molecular complexity index is 391. The van der Waals surface area contributed by atoms with Crippen molar-refractivity contribution in [1.82, 2.24) is 9.03 Å². The van der Waals surface area contributed by atoms with E-state index in [-0.39, 0.29) is 19.0 Å². The van der Waals surface area contributed by atoms with Gasteiger partial charge in [0.05, 0.1) is 6.10 Å². The Hall–Kier alpha value is -0.700. The zero-order chi connectivity index (χ0) is 11.9. The second-order valence-electron chi connectivity index (χ2n) is 4.21. The smallest absolute Gasteiger partial charge is 0.322 e. The predicted octanol–water partition coefficient (Wildman–Crippen LogP) is -1.50. The summed E-state index contributed by atoms with van der Waals surface area (Å²) in [5.41, 5.74) is 0. The Morgan fingerprint density at radius 3 is 2.50 bits per heavy atom. The van der Waals surface area contributed by atoms with Crippen molar-refractivity contribution >= 4 is 16.2 Å². The van der Waals surface area contributed by atoms with Gasteiger partial charge in [0.2, 0.25) is 0 Å². The number of β-amino-alcohol motifs (C(OH)–C–C–N with tert-alkyl or cyclic N) is 1. The number of rotatable bonds is 4. The van der Waals surface area contributed by atoms with Gasteiger partial charge in [0.1, 0.15) is 6.04 Å². The topological polar surface area (TPSA) is 107 Å². The highest BCUT2D eigenvalue weighted by atomic mass is 32.2. The number of nitrogens with one attached hydrogen (secondary N) is 1. The Kier molecular flexibility index (Phi) is 2.91. The van der Waals surface area contributed by atoms with Crippen LogP contribution >= 0.6 is 0 Å². The second-order valence-corrected chi connectivity index (χ2v) is 5.87. The molecule has 0 radical (unpaired) electrons. The lowest BCUT2D eigenvalue weighted by Gasteiger charge is -2.20. The molecule has 7 nitrogen and oxygen atoms in total. The SMILES string of the molecule is O=C(O)C1CC(O)CN1S(=O)(=O)NC1CC1. The van der Waals surface area contributed by atoms with Crippen LogP contribution in [0, 0.1) is 0 Å². The third-order valence-corrected chi connectivity index (χ3v) is 4.37. The summed E-state index contributed by atoms with van der Waals surface area (Å²) in [7, 11) is -3.78. The lowest BCUT2D eigenvalue weighted by atomic mass is 10.2. The number of carbonyl (C=O) groups is 1. The van der Waals surface area contributed by atoms with Crippen molar-refractivity contribution in [2.75, 3.05) is 6.54 Å². The molecular formula is C8H14N2O5S. The van der Waals surface area contributed by atoms with Crippen molar-refractivity contribution in [3.63, 3.8) is 0 Å². The highest BCUT2D eigenvalue weighted by Crippen LogP contribution is 2.25. The quantitative estimate of drug-likeness (QED) is 0.563. The van der Waals surface area contributed by atoms with Crippen molar-refractivity contribution < 1.29 is 23.4 Å². The van der Waals surface area contributed by atoms with E-state index < -0.39 is 28.3 Å². The highest BCUT2D eigenvalue weighted by Gasteiger charge is 2.44. The summed E-state index contributed by atoms with van der Waals surface area (Å²) in [5, 5.41) is 18.2. The lowest BCUT2D eigenvalue weighted by molar-refractivity contribution is -0.140. The van der Waals surface area contributed by atoms with Gasteiger partial charge >= 0.3 is 5.97 Å². The predicted molar refractivity (Wildman–Crippen MR) is 53.8 cm³/mol. The molecule has 92 valence electrons. The molecule has 1 saturated carbocycles. The molecule has 8 heteroatoms. The minimum absolute atomic E-state index is 0.0547. The zero-order valence-corrected chi connectivity index (χ0v) is 9.35. The number of aliphatic carboxylic acids is 1. The van der Waals surface area contributed by atoms with E-state index in [1.807, 2.05) is 0 Å². The van der Waals surface area contributed by atoms with Crippen molar-refractivity contribution in [2.45, 2.75) is 37.5 Å². The minimum Gasteiger partial charge on any atom is -0.480 e. The first-order valence-electron chi connectivity index (χ1n) is 5.10. The third-order valence-electron chi connectivity index (χ3n) is 2.72. The van der Waals surface area contributed by atoms with Crippen molar-refractivity contribution in [1.29, 1.82) is 0 Å². The zero-order valence-electron chi connectivity index (χ0n) is 8.54. The molecule has 0 aromatic carbocycles. The number of hydrogen-bond donors (Lipinski definition) is 3. The molecule has 2 fully saturated rings. The molecule has 2 rings (SSSR count). The normalized spacial score (nSPS) is 31.8. The van der Waals surface area contributed by atoms with Crippen LogP contribution in [-0.2, 0) is 15.0 Å². The van der Waals surface area contributed by atoms with Crippen molar-refractivity contribution in [3.8, 4) is 0 Å². The monoisotopic (exact) mass is 250 g/mol. The number of carboxylic acid groups (broad SMARTS) is 1. The molecule has 0 aromatic rings. The molecule has 2 aliphatic rings. The van der Waals surface area contributed by atoms with Gasteiger partial charge in [-0.2, -0.15) is 17.4 Å². The largest absolute Gasteiger partial charge is 0.480 e. The maximum atomic E-state index is 11.8. The van der Waals surface area contributed by atoms with E-state index in [0.717, 1.165) is 17.1 Å². The summed E-state index contributed by atoms with van der Waals surface area (Å²) in [6, 6.07) is -1.23. The number of carboxylic acids is 1. The number of hydrogen-bond acceptors (Lipinski definition) is 4. The van der Waals surface area contributed by atoms with E-state index in [0.29, 0.717) is 0 Å². The Morgan fingerprint density at radius 2 is 2.00 bits per heavy atom. The maximum Gasteiger partial charge on any atom is 0.322 e. The number of aliphatic hydroxyl groups is 1. The van der Waals surface area contributed by atoms with Gasteiger partial charge in [-0.1, -0.05) is 0 Å². The van der Waals surface area contributed by atoms with Crippen LogP contribution < -0.4 is 4.72 Å². The average Bonchev–Trinajstić information content (AvgIpc) is 2.84. The summed E-state index contributed by atoms with van der Waals surface area (Å²) in [5.74, 6) is -1.22. The summed E-state index contributed by atoms with van der Waals surface area (Å²) < 4.78 is 26.8. The second kappa shape index (κ2) is 3.95. The van der Waals surface area contributed by atoms with Crippen molar-refractivity contribution in [2.24, 2.45) is 0 Å². The summed E-state index contributed by atoms with van der Waals surface area (Å²) in [6.45, 7) is -0.154. The lowest BCUT2D eigenvalue weighted by Crippen LogP contribution is -2.47. The van der Waals surface area contributed by atoms with Gasteiger partial charge in [-0.25, -0.2) is 0 Å². The standard InChI is InChI=1S/C8H14N2O5S/c11-6-3-7(8(12)13)10(4-6)16(14,15)9-5-1-2-5/h5-7,9,11H,1-4H2,(H,12,13). The molecule has 0 amide bonds. The van der Waals surface area contributed by atoms with Crippen LogP contribution in [0.1, 0.15) is 19.3 Å². The molecule has 3 N–H and O–H groups in total. The van der Waals surface area contributed by atoms with Gasteiger partial charge in [-0.3, -0.25) is 4.79 Å². The van der Waals surface area contributed by atoms with Crippen molar-refractivity contribution in [3.05, 3.63) is 0 Å². The summed E-state index contributed by atoms with van der Waals surface area (Å²) in [6.07, 6.45) is 0.610. The molecular weight excluding hydrogens is 236 g/mol. The van der Waals surface area contributed by atoms with Gasteiger partial charge in [-0.05, 0) is 12.8 Å². The molecule has 1 heterocycles. The highest BCUT2D eigenvalue weighted by molar-refractivity contribution is 7.87. The van der Waals surface area contributed by atoms with Crippen LogP contribution in [0.2, 0.25) is 0 Å². The van der Waals surface area contributed by atoms with Crippen LogP contribution in [0.25, 0.3) is 0 Å². The third kappa shape index (κ3) is 2.34. The fourth-order valence-electron chi connectivity index (χ4n) is 1.75. The molecule has 2 unspecified atom stereocenters. The molecule has 1 saturated heterocycles. The van der Waals surface area contributed by atoms with Gasteiger partial charge in [-0.15, -0.1) is 0 Å². The molecule has 0 bridgehead atoms. The Labute approximate surface area is 93.2 Å². The first-order valence-corrected chi connectivity index (χ1v) is 6.54.